The second kappa shape index (κ2) is 2.70. The Bertz CT molecular complexity index is 475. The summed E-state index contributed by atoms with van der Waals surface area (Å²) in [6.45, 7) is 0. The number of benzene rings is 1. The lowest BCUT2D eigenvalue weighted by Gasteiger charge is -1.96. The Morgan fingerprint density at radius 1 is 1.54 bits per heavy atom. The van der Waals surface area contributed by atoms with Crippen LogP contribution in [0.4, 0.5) is 0 Å². The third-order valence-electron chi connectivity index (χ3n) is 1.64. The molecule has 0 bridgehead atoms. The molecule has 66 valence electrons. The number of hydrogen-bond donors (Lipinski definition) is 2. The predicted molar refractivity (Wildman–Crippen MR) is 49.9 cm³/mol. The van der Waals surface area contributed by atoms with Crippen LogP contribution in [-0.4, -0.2) is 21.0 Å². The van der Waals surface area contributed by atoms with Crippen molar-refractivity contribution in [3.63, 3.8) is 0 Å². The molecule has 0 aliphatic heterocycles. The predicted octanol–water partition coefficient (Wildman–Crippen LogP) is 0.826. The minimum absolute atomic E-state index is 0.162. The molecule has 0 saturated carbocycles. The summed E-state index contributed by atoms with van der Waals surface area (Å²) in [5.41, 5.74) is 6.58. The first-order valence-corrected chi connectivity index (χ1v) is 3.91. The fraction of sp³-hybridized carbons (Fsp3) is 0. The molecule has 0 radical (unpaired) electrons. The van der Waals surface area contributed by atoms with Crippen LogP contribution in [0, 0.1) is 5.41 Å². The molecule has 0 fully saturated rings. The molecular weight excluding hydrogens is 190 g/mol. The minimum Gasteiger partial charge on any atom is -0.368 e. The number of nitrogens with zero attached hydrogens (tertiary/aromatic N) is 3. The van der Waals surface area contributed by atoms with E-state index in [9.17, 15) is 0 Å². The summed E-state index contributed by atoms with van der Waals surface area (Å²) in [7, 11) is 0. The van der Waals surface area contributed by atoms with Crippen molar-refractivity contribution in [1.29, 1.82) is 5.41 Å². The van der Waals surface area contributed by atoms with E-state index < -0.39 is 0 Å². The van der Waals surface area contributed by atoms with Crippen molar-refractivity contribution in [2.45, 2.75) is 0 Å². The van der Waals surface area contributed by atoms with E-state index in [1.54, 1.807) is 18.2 Å². The van der Waals surface area contributed by atoms with E-state index in [1.807, 2.05) is 0 Å². The smallest absolute Gasteiger partial charge is 0.215 e. The first kappa shape index (κ1) is 8.00. The van der Waals surface area contributed by atoms with E-state index in [1.165, 1.54) is 4.68 Å². The van der Waals surface area contributed by atoms with Crippen molar-refractivity contribution >= 4 is 28.6 Å². The van der Waals surface area contributed by atoms with Gasteiger partial charge in [-0.15, -0.1) is 5.10 Å². The second-order valence-electron chi connectivity index (χ2n) is 2.52. The highest BCUT2D eigenvalue weighted by Gasteiger charge is 2.05. The van der Waals surface area contributed by atoms with Crippen LogP contribution in [0.3, 0.4) is 0 Å². The molecule has 6 heteroatoms. The van der Waals surface area contributed by atoms with Crippen LogP contribution in [0.25, 0.3) is 11.0 Å². The lowest BCUT2D eigenvalue weighted by molar-refractivity contribution is 0.848. The van der Waals surface area contributed by atoms with Crippen LogP contribution in [0.5, 0.6) is 0 Å². The number of rotatable bonds is 0. The van der Waals surface area contributed by atoms with Gasteiger partial charge in [-0.2, -0.15) is 4.68 Å². The zero-order valence-electron chi connectivity index (χ0n) is 6.53. The SMILES string of the molecule is N=C(N)n1nnc2cc(Cl)ccc21. The van der Waals surface area contributed by atoms with Gasteiger partial charge >= 0.3 is 0 Å². The largest absolute Gasteiger partial charge is 0.368 e. The number of aromatic nitrogens is 3. The zero-order valence-corrected chi connectivity index (χ0v) is 7.28. The third kappa shape index (κ3) is 1.23. The number of nitrogens with two attached hydrogens (primary N) is 1. The van der Waals surface area contributed by atoms with Crippen LogP contribution < -0.4 is 5.73 Å². The van der Waals surface area contributed by atoms with Gasteiger partial charge in [0.15, 0.2) is 0 Å². The molecule has 1 heterocycles. The monoisotopic (exact) mass is 195 g/mol. The molecule has 0 saturated heterocycles. The summed E-state index contributed by atoms with van der Waals surface area (Å²) in [6.07, 6.45) is 0. The van der Waals surface area contributed by atoms with E-state index in [0.29, 0.717) is 16.1 Å². The first-order valence-electron chi connectivity index (χ1n) is 3.54. The van der Waals surface area contributed by atoms with E-state index >= 15 is 0 Å². The van der Waals surface area contributed by atoms with Gasteiger partial charge in [-0.05, 0) is 18.2 Å². The first-order chi connectivity index (χ1) is 6.18. The van der Waals surface area contributed by atoms with Gasteiger partial charge in [-0.25, -0.2) is 0 Å². The number of nitrogen functional groups attached to an aromatic ring is 1. The summed E-state index contributed by atoms with van der Waals surface area (Å²) < 4.78 is 1.24. The highest BCUT2D eigenvalue weighted by Crippen LogP contribution is 2.16. The van der Waals surface area contributed by atoms with Crippen molar-refractivity contribution in [3.8, 4) is 0 Å². The fourth-order valence-corrected chi connectivity index (χ4v) is 1.24. The van der Waals surface area contributed by atoms with E-state index in [4.69, 9.17) is 22.7 Å². The third-order valence-corrected chi connectivity index (χ3v) is 1.87. The maximum Gasteiger partial charge on any atom is 0.215 e. The lowest BCUT2D eigenvalue weighted by Crippen LogP contribution is -2.21. The number of halogens is 1. The van der Waals surface area contributed by atoms with Crippen LogP contribution in [0.15, 0.2) is 18.2 Å². The molecule has 2 aromatic rings. The van der Waals surface area contributed by atoms with Crippen molar-refractivity contribution in [1.82, 2.24) is 15.0 Å². The van der Waals surface area contributed by atoms with E-state index in [0.717, 1.165) is 0 Å². The van der Waals surface area contributed by atoms with Gasteiger partial charge in [0.1, 0.15) is 5.52 Å². The van der Waals surface area contributed by atoms with Gasteiger partial charge in [0.05, 0.1) is 5.52 Å². The average molecular weight is 196 g/mol. The van der Waals surface area contributed by atoms with Crippen LogP contribution in [0.2, 0.25) is 5.02 Å². The molecule has 0 aliphatic carbocycles. The molecule has 0 spiro atoms. The van der Waals surface area contributed by atoms with Crippen LogP contribution in [-0.2, 0) is 0 Å². The van der Waals surface area contributed by atoms with Crippen molar-refractivity contribution in [2.24, 2.45) is 5.73 Å². The lowest BCUT2D eigenvalue weighted by atomic mass is 10.3. The Hall–Kier alpha value is -1.62. The average Bonchev–Trinajstić information content (AvgIpc) is 2.46. The molecule has 1 aromatic carbocycles. The Labute approximate surface area is 78.6 Å². The molecule has 3 N–H and O–H groups in total. The van der Waals surface area contributed by atoms with Crippen LogP contribution >= 0.6 is 11.6 Å². The fourth-order valence-electron chi connectivity index (χ4n) is 1.07. The zero-order chi connectivity index (χ0) is 9.42. The topological polar surface area (TPSA) is 80.6 Å². The highest BCUT2D eigenvalue weighted by molar-refractivity contribution is 6.31. The Morgan fingerprint density at radius 3 is 3.00 bits per heavy atom. The maximum absolute atomic E-state index is 7.19. The Morgan fingerprint density at radius 2 is 2.31 bits per heavy atom. The van der Waals surface area contributed by atoms with Crippen molar-refractivity contribution in [2.75, 3.05) is 0 Å². The Kier molecular flexibility index (Phi) is 1.66. The molecule has 1 aromatic heterocycles. The maximum atomic E-state index is 7.19. The number of nitrogens with one attached hydrogen (secondary N) is 1. The van der Waals surface area contributed by atoms with Gasteiger partial charge in [-0.1, -0.05) is 16.8 Å². The van der Waals surface area contributed by atoms with Crippen molar-refractivity contribution in [3.05, 3.63) is 23.2 Å². The van der Waals surface area contributed by atoms with E-state index in [-0.39, 0.29) is 5.96 Å². The molecule has 5 nitrogen and oxygen atoms in total. The highest BCUT2D eigenvalue weighted by atomic mass is 35.5. The summed E-state index contributed by atoms with van der Waals surface area (Å²) in [5, 5.41) is 15.3. The number of fused-ring (bicyclic) bond motifs is 1. The molecule has 13 heavy (non-hydrogen) atoms. The van der Waals surface area contributed by atoms with Gasteiger partial charge in [0.25, 0.3) is 0 Å². The van der Waals surface area contributed by atoms with Gasteiger partial charge in [-0.3, -0.25) is 5.41 Å². The van der Waals surface area contributed by atoms with Crippen LogP contribution in [0.1, 0.15) is 0 Å². The standard InChI is InChI=1S/C7H6ClN5/c8-4-1-2-6-5(3-4)11-12-13(6)7(9)10/h1-3H,(H3,9,10). The summed E-state index contributed by atoms with van der Waals surface area (Å²) in [4.78, 5) is 0. The molecule has 0 atom stereocenters. The molecular formula is C7H6ClN5. The van der Waals surface area contributed by atoms with Crippen molar-refractivity contribution < 1.29 is 0 Å². The molecule has 0 amide bonds. The Balaban J connectivity index is 2.76. The van der Waals surface area contributed by atoms with Gasteiger partial charge < -0.3 is 5.73 Å². The molecule has 0 aliphatic rings. The minimum atomic E-state index is -0.162. The van der Waals surface area contributed by atoms with Gasteiger partial charge in [0, 0.05) is 5.02 Å². The summed E-state index contributed by atoms with van der Waals surface area (Å²) >= 11 is 5.75. The van der Waals surface area contributed by atoms with Gasteiger partial charge in [0.2, 0.25) is 5.96 Å². The number of hydrogen-bond acceptors (Lipinski definition) is 3. The summed E-state index contributed by atoms with van der Waals surface area (Å²) in [6, 6.07) is 5.09. The molecule has 0 unspecified atom stereocenters. The summed E-state index contributed by atoms with van der Waals surface area (Å²) in [5.74, 6) is -0.162. The quantitative estimate of drug-likeness (QED) is 0.483. The normalized spacial score (nSPS) is 10.5. The molecule has 2 rings (SSSR count). The second-order valence-corrected chi connectivity index (χ2v) is 2.96. The van der Waals surface area contributed by atoms with E-state index in [2.05, 4.69) is 10.3 Å².